The van der Waals surface area contributed by atoms with Crippen LogP contribution >= 0.6 is 23.2 Å². The number of aromatic nitrogens is 1. The lowest BCUT2D eigenvalue weighted by Gasteiger charge is -2.14. The number of hydrogen-bond donors (Lipinski definition) is 1. The third-order valence-corrected chi connectivity index (χ3v) is 5.65. The molecule has 0 amide bonds. The molecule has 7 heteroatoms. The lowest BCUT2D eigenvalue weighted by Crippen LogP contribution is -2.21. The van der Waals surface area contributed by atoms with Gasteiger partial charge in [-0.2, -0.15) is 0 Å². The van der Waals surface area contributed by atoms with Crippen LogP contribution in [0, 0.1) is 5.41 Å². The number of carboxylic acids is 1. The van der Waals surface area contributed by atoms with E-state index in [9.17, 15) is 14.7 Å². The lowest BCUT2D eigenvalue weighted by atomic mass is 9.88. The van der Waals surface area contributed by atoms with Crippen molar-refractivity contribution in [3.8, 4) is 22.4 Å². The zero-order valence-corrected chi connectivity index (χ0v) is 19.1. The molecule has 4 aromatic rings. The van der Waals surface area contributed by atoms with Crippen LogP contribution in [0.4, 0.5) is 0 Å². The number of nitrogens with zero attached hydrogens (tertiary/aromatic N) is 1. The highest BCUT2D eigenvalue weighted by Gasteiger charge is 2.33. The Morgan fingerprint density at radius 3 is 2.22 bits per heavy atom. The molecule has 0 aliphatic heterocycles. The predicted molar refractivity (Wildman–Crippen MR) is 126 cm³/mol. The molecule has 0 saturated carbocycles. The first-order valence-electron chi connectivity index (χ1n) is 9.84. The maximum atomic E-state index is 12.9. The van der Waals surface area contributed by atoms with Crippen LogP contribution in [-0.4, -0.2) is 21.8 Å². The number of fused-ring (bicyclic) bond motifs is 1. The van der Waals surface area contributed by atoms with Crippen LogP contribution in [0.3, 0.4) is 0 Å². The summed E-state index contributed by atoms with van der Waals surface area (Å²) in [5.74, 6) is -1.89. The van der Waals surface area contributed by atoms with E-state index in [-0.39, 0.29) is 22.4 Å². The Morgan fingerprint density at radius 1 is 0.969 bits per heavy atom. The molecule has 162 valence electrons. The fraction of sp³-hybridized carbons (Fsp3) is 0.160. The summed E-state index contributed by atoms with van der Waals surface area (Å²) in [5, 5.41) is 11.2. The van der Waals surface area contributed by atoms with Gasteiger partial charge in [-0.05, 0) is 29.8 Å². The van der Waals surface area contributed by atoms with Crippen molar-refractivity contribution < 1.29 is 19.1 Å². The van der Waals surface area contributed by atoms with E-state index in [1.165, 1.54) is 0 Å². The Bertz CT molecular complexity index is 1370. The third-order valence-electron chi connectivity index (χ3n) is 5.07. The zero-order chi connectivity index (χ0) is 23.2. The Labute approximate surface area is 194 Å². The van der Waals surface area contributed by atoms with E-state index in [2.05, 4.69) is 4.98 Å². The van der Waals surface area contributed by atoms with Crippen molar-refractivity contribution in [1.82, 2.24) is 4.98 Å². The Balaban J connectivity index is 2.09. The van der Waals surface area contributed by atoms with Gasteiger partial charge in [-0.1, -0.05) is 74.3 Å². The molecule has 0 atom stereocenters. The minimum Gasteiger partial charge on any atom is -0.478 e. The number of rotatable bonds is 4. The summed E-state index contributed by atoms with van der Waals surface area (Å²) in [5.41, 5.74) is 1.59. The van der Waals surface area contributed by atoms with Crippen LogP contribution in [0.1, 0.15) is 41.7 Å². The van der Waals surface area contributed by atoms with E-state index >= 15 is 0 Å². The number of carbonyl (C=O) groups excluding carboxylic acids is 1. The minimum absolute atomic E-state index is 0.0580. The smallest absolute Gasteiger partial charge is 0.340 e. The van der Waals surface area contributed by atoms with Gasteiger partial charge in [0.25, 0.3) is 0 Å². The van der Waals surface area contributed by atoms with Gasteiger partial charge in [-0.3, -0.25) is 4.79 Å². The van der Waals surface area contributed by atoms with E-state index in [0.29, 0.717) is 26.9 Å². The molecule has 0 fully saturated rings. The highest BCUT2D eigenvalue weighted by atomic mass is 35.5. The minimum atomic E-state index is -1.26. The maximum Gasteiger partial charge on any atom is 0.340 e. The number of aromatic carboxylic acids is 1. The van der Waals surface area contributed by atoms with Gasteiger partial charge < -0.3 is 9.52 Å². The van der Waals surface area contributed by atoms with Gasteiger partial charge in [-0.25, -0.2) is 9.78 Å². The van der Waals surface area contributed by atoms with Crippen molar-refractivity contribution in [3.05, 3.63) is 76.0 Å². The van der Waals surface area contributed by atoms with Gasteiger partial charge in [0.2, 0.25) is 11.5 Å². The number of furan rings is 1. The van der Waals surface area contributed by atoms with Crippen molar-refractivity contribution in [1.29, 1.82) is 0 Å². The average Bonchev–Trinajstić information content (AvgIpc) is 3.11. The second-order valence-electron chi connectivity index (χ2n) is 8.41. The Morgan fingerprint density at radius 2 is 1.62 bits per heavy atom. The number of carbonyl (C=O) groups is 2. The SMILES string of the molecule is CC(C)(C)C(=O)c1oc2nc(-c3ccccc3Cl)c(-c3ccc(Cl)cc3)cc2c1C(=O)O. The van der Waals surface area contributed by atoms with Crippen molar-refractivity contribution >= 4 is 46.1 Å². The predicted octanol–water partition coefficient (Wildman–Crippen LogP) is 7.40. The fourth-order valence-corrected chi connectivity index (χ4v) is 3.80. The summed E-state index contributed by atoms with van der Waals surface area (Å²) in [6, 6.07) is 16.0. The molecular formula is C25H19Cl2NO4. The molecule has 0 aliphatic rings. The van der Waals surface area contributed by atoms with Crippen LogP contribution in [0.25, 0.3) is 33.5 Å². The van der Waals surface area contributed by atoms with Crippen molar-refractivity contribution in [3.63, 3.8) is 0 Å². The second kappa shape index (κ2) is 8.08. The quantitative estimate of drug-likeness (QED) is 0.316. The highest BCUT2D eigenvalue weighted by molar-refractivity contribution is 6.33. The summed E-state index contributed by atoms with van der Waals surface area (Å²) in [4.78, 5) is 29.7. The number of halogens is 2. The molecule has 0 saturated heterocycles. The molecule has 0 bridgehead atoms. The number of benzene rings is 2. The standard InChI is InChI=1S/C25H19Cl2NO4/c1-25(2,3)22(29)21-19(24(30)31)17-12-16(13-8-10-14(26)11-9-13)20(28-23(17)32-21)15-6-4-5-7-18(15)27/h4-12H,1-3H3,(H,30,31). The number of carboxylic acid groups (broad SMARTS) is 1. The molecule has 0 unspecified atom stereocenters. The van der Waals surface area contributed by atoms with Gasteiger partial charge in [0.15, 0.2) is 5.76 Å². The highest BCUT2D eigenvalue weighted by Crippen LogP contribution is 2.39. The van der Waals surface area contributed by atoms with Gasteiger partial charge in [0, 0.05) is 26.6 Å². The van der Waals surface area contributed by atoms with Crippen molar-refractivity contribution in [2.45, 2.75) is 20.8 Å². The van der Waals surface area contributed by atoms with Gasteiger partial charge >= 0.3 is 5.97 Å². The summed E-state index contributed by atoms with van der Waals surface area (Å²) < 4.78 is 5.76. The second-order valence-corrected chi connectivity index (χ2v) is 9.26. The number of pyridine rings is 1. The summed E-state index contributed by atoms with van der Waals surface area (Å²) in [7, 11) is 0. The molecule has 0 aliphatic carbocycles. The van der Waals surface area contributed by atoms with Crippen LogP contribution in [-0.2, 0) is 0 Å². The largest absolute Gasteiger partial charge is 0.478 e. The summed E-state index contributed by atoms with van der Waals surface area (Å²) in [6.07, 6.45) is 0. The zero-order valence-electron chi connectivity index (χ0n) is 17.6. The molecule has 2 aromatic heterocycles. The molecule has 1 N–H and O–H groups in total. The average molecular weight is 468 g/mol. The molecule has 0 radical (unpaired) electrons. The fourth-order valence-electron chi connectivity index (χ4n) is 3.44. The first-order valence-corrected chi connectivity index (χ1v) is 10.6. The van der Waals surface area contributed by atoms with Crippen LogP contribution in [0.5, 0.6) is 0 Å². The van der Waals surface area contributed by atoms with Gasteiger partial charge in [0.1, 0.15) is 5.56 Å². The molecule has 32 heavy (non-hydrogen) atoms. The van der Waals surface area contributed by atoms with E-state index in [4.69, 9.17) is 27.6 Å². The first-order chi connectivity index (χ1) is 15.1. The molecule has 4 rings (SSSR count). The van der Waals surface area contributed by atoms with Crippen LogP contribution in [0.15, 0.2) is 59.0 Å². The van der Waals surface area contributed by atoms with E-state index < -0.39 is 17.2 Å². The molecule has 0 spiro atoms. The van der Waals surface area contributed by atoms with Crippen LogP contribution < -0.4 is 0 Å². The van der Waals surface area contributed by atoms with E-state index in [1.54, 1.807) is 45.0 Å². The monoisotopic (exact) mass is 467 g/mol. The maximum absolute atomic E-state index is 12.9. The first kappa shape index (κ1) is 22.1. The van der Waals surface area contributed by atoms with Crippen molar-refractivity contribution in [2.75, 3.05) is 0 Å². The van der Waals surface area contributed by atoms with Crippen molar-refractivity contribution in [2.24, 2.45) is 5.41 Å². The van der Waals surface area contributed by atoms with E-state index in [1.807, 2.05) is 30.3 Å². The molecule has 5 nitrogen and oxygen atoms in total. The third kappa shape index (κ3) is 3.90. The topological polar surface area (TPSA) is 80.4 Å². The van der Waals surface area contributed by atoms with E-state index in [0.717, 1.165) is 5.56 Å². The molecule has 2 aromatic carbocycles. The number of Topliss-reactive ketones (excluding diaryl/α,β-unsaturated/α-hetero) is 1. The lowest BCUT2D eigenvalue weighted by molar-refractivity contribution is 0.0684. The normalized spacial score (nSPS) is 11.7. The Kier molecular flexibility index (Phi) is 5.57. The summed E-state index contributed by atoms with van der Waals surface area (Å²) in [6.45, 7) is 5.11. The Hall–Kier alpha value is -3.15. The summed E-state index contributed by atoms with van der Waals surface area (Å²) >= 11 is 12.5. The van der Waals surface area contributed by atoms with Gasteiger partial charge in [-0.15, -0.1) is 0 Å². The van der Waals surface area contributed by atoms with Crippen LogP contribution in [0.2, 0.25) is 10.0 Å². The van der Waals surface area contributed by atoms with Gasteiger partial charge in [0.05, 0.1) is 11.1 Å². The molecule has 2 heterocycles. The number of ketones is 1. The number of hydrogen-bond acceptors (Lipinski definition) is 4. The molecular weight excluding hydrogens is 449 g/mol.